The molecule has 4 heteroatoms. The van der Waals surface area contributed by atoms with E-state index in [2.05, 4.69) is 0 Å². The molecule has 2 nitrogen and oxygen atoms in total. The molecular weight excluding hydrogens is 263 g/mol. The van der Waals surface area contributed by atoms with Crippen LogP contribution in [0.1, 0.15) is 18.5 Å². The molecule has 0 aliphatic carbocycles. The van der Waals surface area contributed by atoms with Crippen LogP contribution in [0.15, 0.2) is 42.5 Å². The number of rotatable bonds is 3. The predicted octanol–water partition coefficient (Wildman–Crippen LogP) is 4.26. The van der Waals surface area contributed by atoms with Crippen molar-refractivity contribution in [1.82, 2.24) is 0 Å². The van der Waals surface area contributed by atoms with Crippen LogP contribution in [-0.4, -0.2) is 7.05 Å². The normalized spacial score (nSPS) is 12.2. The monoisotopic (exact) mass is 278 g/mol. The van der Waals surface area contributed by atoms with Crippen molar-refractivity contribution in [3.05, 3.63) is 58.9 Å². The molecule has 0 saturated heterocycles. The summed E-state index contributed by atoms with van der Waals surface area (Å²) in [7, 11) is 1.89. The number of hydrogen-bond donors (Lipinski definition) is 1. The second kappa shape index (κ2) is 5.49. The first-order valence-electron chi connectivity index (χ1n) is 6.03. The van der Waals surface area contributed by atoms with Gasteiger partial charge in [0.1, 0.15) is 5.82 Å². The summed E-state index contributed by atoms with van der Waals surface area (Å²) in [6.07, 6.45) is 0. The van der Waals surface area contributed by atoms with Crippen LogP contribution >= 0.6 is 11.6 Å². The van der Waals surface area contributed by atoms with Gasteiger partial charge in [-0.1, -0.05) is 29.8 Å². The lowest BCUT2D eigenvalue weighted by Gasteiger charge is -2.28. The molecule has 0 aromatic heterocycles. The minimum absolute atomic E-state index is 0.0707. The van der Waals surface area contributed by atoms with Crippen LogP contribution in [0.2, 0.25) is 5.02 Å². The third-order valence-corrected chi connectivity index (χ3v) is 3.60. The maximum Gasteiger partial charge on any atom is 0.148 e. The highest BCUT2D eigenvalue weighted by molar-refractivity contribution is 6.30. The van der Waals surface area contributed by atoms with Crippen molar-refractivity contribution in [2.24, 2.45) is 0 Å². The number of hydrogen-bond acceptors (Lipinski definition) is 2. The quantitative estimate of drug-likeness (QED) is 0.850. The Balaban J connectivity index is 2.30. The van der Waals surface area contributed by atoms with Gasteiger partial charge in [-0.3, -0.25) is 0 Å². The van der Waals surface area contributed by atoms with Crippen molar-refractivity contribution in [2.75, 3.05) is 17.7 Å². The van der Waals surface area contributed by atoms with Crippen LogP contribution < -0.4 is 10.6 Å². The first-order chi connectivity index (χ1) is 9.00. The molecule has 2 aromatic rings. The second-order valence-corrected chi connectivity index (χ2v) is 4.95. The molecule has 0 saturated carbocycles. The van der Waals surface area contributed by atoms with Gasteiger partial charge in [-0.25, -0.2) is 4.39 Å². The van der Waals surface area contributed by atoms with Gasteiger partial charge in [0.05, 0.1) is 17.4 Å². The SMILES string of the molecule is CC(c1ccc(Cl)cc1)N(C)c1cccc(F)c1N. The molecule has 2 rings (SSSR count). The first kappa shape index (κ1) is 13.7. The molecule has 1 atom stereocenters. The number of nitrogen functional groups attached to an aromatic ring is 1. The Labute approximate surface area is 117 Å². The zero-order valence-corrected chi connectivity index (χ0v) is 11.7. The van der Waals surface area contributed by atoms with Gasteiger partial charge in [-0.05, 0) is 36.8 Å². The molecule has 0 fully saturated rings. The molecule has 1 unspecified atom stereocenters. The van der Waals surface area contributed by atoms with Gasteiger partial charge in [0.15, 0.2) is 0 Å². The predicted molar refractivity (Wildman–Crippen MR) is 79.1 cm³/mol. The van der Waals surface area contributed by atoms with Gasteiger partial charge in [0, 0.05) is 12.1 Å². The Morgan fingerprint density at radius 1 is 1.16 bits per heavy atom. The number of benzene rings is 2. The van der Waals surface area contributed by atoms with E-state index < -0.39 is 5.82 Å². The maximum absolute atomic E-state index is 13.5. The molecule has 0 radical (unpaired) electrons. The van der Waals surface area contributed by atoms with Crippen LogP contribution in [0.5, 0.6) is 0 Å². The fraction of sp³-hybridized carbons (Fsp3) is 0.200. The summed E-state index contributed by atoms with van der Waals surface area (Å²) in [4.78, 5) is 1.95. The van der Waals surface area contributed by atoms with Gasteiger partial charge in [0.25, 0.3) is 0 Å². The van der Waals surface area contributed by atoms with E-state index >= 15 is 0 Å². The average molecular weight is 279 g/mol. The van der Waals surface area contributed by atoms with Crippen LogP contribution in [-0.2, 0) is 0 Å². The molecule has 0 amide bonds. The number of nitrogens with two attached hydrogens (primary N) is 1. The Morgan fingerprint density at radius 3 is 2.42 bits per heavy atom. The van der Waals surface area contributed by atoms with Crippen molar-refractivity contribution in [1.29, 1.82) is 0 Å². The van der Waals surface area contributed by atoms with Crippen molar-refractivity contribution in [2.45, 2.75) is 13.0 Å². The zero-order chi connectivity index (χ0) is 14.0. The van der Waals surface area contributed by atoms with Crippen LogP contribution in [0.3, 0.4) is 0 Å². The van der Waals surface area contributed by atoms with E-state index in [0.29, 0.717) is 10.7 Å². The lowest BCUT2D eigenvalue weighted by atomic mass is 10.1. The van der Waals surface area contributed by atoms with Crippen LogP contribution in [0.4, 0.5) is 15.8 Å². The lowest BCUT2D eigenvalue weighted by molar-refractivity contribution is 0.630. The first-order valence-corrected chi connectivity index (χ1v) is 6.41. The fourth-order valence-corrected chi connectivity index (χ4v) is 2.13. The molecular formula is C15H16ClFN2. The minimum Gasteiger partial charge on any atom is -0.395 e. The zero-order valence-electron chi connectivity index (χ0n) is 10.9. The highest BCUT2D eigenvalue weighted by Gasteiger charge is 2.16. The van der Waals surface area contributed by atoms with E-state index in [-0.39, 0.29) is 11.7 Å². The topological polar surface area (TPSA) is 29.3 Å². The fourth-order valence-electron chi connectivity index (χ4n) is 2.01. The second-order valence-electron chi connectivity index (χ2n) is 4.51. The van der Waals surface area contributed by atoms with E-state index in [4.69, 9.17) is 17.3 Å². The van der Waals surface area contributed by atoms with E-state index in [1.807, 2.05) is 49.2 Å². The Bertz CT molecular complexity index is 569. The molecule has 0 aliphatic rings. The summed E-state index contributed by atoms with van der Waals surface area (Å²) in [5.41, 5.74) is 7.73. The average Bonchev–Trinajstić information content (AvgIpc) is 2.41. The summed E-state index contributed by atoms with van der Waals surface area (Å²) >= 11 is 5.88. The number of nitrogens with zero attached hydrogens (tertiary/aromatic N) is 1. The van der Waals surface area contributed by atoms with Gasteiger partial charge >= 0.3 is 0 Å². The van der Waals surface area contributed by atoms with E-state index in [9.17, 15) is 4.39 Å². The molecule has 0 aliphatic heterocycles. The van der Waals surface area contributed by atoms with E-state index in [1.54, 1.807) is 6.07 Å². The molecule has 2 aromatic carbocycles. The minimum atomic E-state index is -0.396. The van der Waals surface area contributed by atoms with Crippen molar-refractivity contribution < 1.29 is 4.39 Å². The smallest absolute Gasteiger partial charge is 0.148 e. The lowest BCUT2D eigenvalue weighted by Crippen LogP contribution is -2.22. The largest absolute Gasteiger partial charge is 0.395 e. The number of halogens is 2. The summed E-state index contributed by atoms with van der Waals surface area (Å²) in [6.45, 7) is 2.04. The Hall–Kier alpha value is -1.74. The maximum atomic E-state index is 13.5. The third kappa shape index (κ3) is 2.82. The molecule has 2 N–H and O–H groups in total. The number of anilines is 2. The highest BCUT2D eigenvalue weighted by atomic mass is 35.5. The standard InChI is InChI=1S/C15H16ClFN2/c1-10(11-6-8-12(16)9-7-11)19(2)14-5-3-4-13(17)15(14)18/h3-10H,18H2,1-2H3. The van der Waals surface area contributed by atoms with Crippen molar-refractivity contribution >= 4 is 23.0 Å². The summed E-state index contributed by atoms with van der Waals surface area (Å²) < 4.78 is 13.5. The van der Waals surface area contributed by atoms with Crippen LogP contribution in [0.25, 0.3) is 0 Å². The Kier molecular flexibility index (Phi) is 3.96. The van der Waals surface area contributed by atoms with E-state index in [0.717, 1.165) is 5.56 Å². The molecule has 100 valence electrons. The summed E-state index contributed by atoms with van der Waals surface area (Å²) in [5, 5.41) is 0.698. The van der Waals surface area contributed by atoms with Gasteiger partial charge < -0.3 is 10.6 Å². The van der Waals surface area contributed by atoms with Crippen molar-refractivity contribution in [3.63, 3.8) is 0 Å². The Morgan fingerprint density at radius 2 is 1.79 bits per heavy atom. The van der Waals surface area contributed by atoms with Crippen molar-refractivity contribution in [3.8, 4) is 0 Å². The molecule has 19 heavy (non-hydrogen) atoms. The summed E-state index contributed by atoms with van der Waals surface area (Å²) in [5.74, 6) is -0.396. The van der Waals surface area contributed by atoms with Gasteiger partial charge in [0.2, 0.25) is 0 Å². The molecule has 0 spiro atoms. The van der Waals surface area contributed by atoms with Gasteiger partial charge in [-0.2, -0.15) is 0 Å². The van der Waals surface area contributed by atoms with E-state index in [1.165, 1.54) is 6.07 Å². The summed E-state index contributed by atoms with van der Waals surface area (Å²) in [6, 6.07) is 12.5. The number of para-hydroxylation sites is 1. The molecule has 0 heterocycles. The molecule has 0 bridgehead atoms. The van der Waals surface area contributed by atoms with Gasteiger partial charge in [-0.15, -0.1) is 0 Å². The third-order valence-electron chi connectivity index (χ3n) is 3.34. The highest BCUT2D eigenvalue weighted by Crippen LogP contribution is 2.31. The van der Waals surface area contributed by atoms with Crippen LogP contribution in [0, 0.1) is 5.82 Å².